The number of aromatic nitrogens is 5. The Kier molecular flexibility index (Phi) is 3.32. The van der Waals surface area contributed by atoms with Crippen LogP contribution in [-0.4, -0.2) is 30.6 Å². The molecule has 0 fully saturated rings. The average molecular weight is 296 g/mol. The second-order valence-electron chi connectivity index (χ2n) is 5.04. The molecule has 3 aromatic heterocycles. The van der Waals surface area contributed by atoms with Gasteiger partial charge >= 0.3 is 0 Å². The van der Waals surface area contributed by atoms with Crippen molar-refractivity contribution in [2.24, 2.45) is 5.73 Å². The number of fused-ring (bicyclic) bond motifs is 1. The molecule has 0 spiro atoms. The summed E-state index contributed by atoms with van der Waals surface area (Å²) in [6.07, 6.45) is 3.42. The predicted octanol–water partition coefficient (Wildman–Crippen LogP) is 1.62. The summed E-state index contributed by atoms with van der Waals surface area (Å²) in [6, 6.07) is 1.82. The first kappa shape index (κ1) is 14.1. The van der Waals surface area contributed by atoms with Crippen LogP contribution in [0.15, 0.2) is 18.5 Å². The van der Waals surface area contributed by atoms with Gasteiger partial charge < -0.3 is 5.73 Å². The van der Waals surface area contributed by atoms with Gasteiger partial charge in [-0.1, -0.05) is 0 Å². The Bertz CT molecular complexity index is 866. The fourth-order valence-electron chi connectivity index (χ4n) is 2.48. The van der Waals surface area contributed by atoms with Crippen LogP contribution < -0.4 is 5.73 Å². The Morgan fingerprint density at radius 2 is 1.95 bits per heavy atom. The van der Waals surface area contributed by atoms with E-state index in [1.54, 1.807) is 17.1 Å². The van der Waals surface area contributed by atoms with Gasteiger partial charge in [-0.2, -0.15) is 5.10 Å². The van der Waals surface area contributed by atoms with Crippen LogP contribution >= 0.6 is 0 Å². The summed E-state index contributed by atoms with van der Waals surface area (Å²) in [5.74, 6) is 0.145. The van der Waals surface area contributed by atoms with Crippen molar-refractivity contribution >= 4 is 16.8 Å². The lowest BCUT2D eigenvalue weighted by molar-refractivity contribution is 0.0996. The minimum atomic E-state index is -0.547. The predicted molar refractivity (Wildman–Crippen MR) is 82.2 cm³/mol. The highest BCUT2D eigenvalue weighted by atomic mass is 16.1. The maximum atomic E-state index is 11.6. The molecule has 3 aromatic rings. The van der Waals surface area contributed by atoms with Gasteiger partial charge in [-0.25, -0.2) is 9.97 Å². The van der Waals surface area contributed by atoms with Crippen molar-refractivity contribution < 1.29 is 4.79 Å². The van der Waals surface area contributed by atoms with Crippen LogP contribution in [0.1, 0.15) is 28.9 Å². The smallest absolute Gasteiger partial charge is 0.269 e. The Morgan fingerprint density at radius 3 is 2.55 bits per heavy atom. The number of nitrogens with two attached hydrogens (primary N) is 1. The van der Waals surface area contributed by atoms with Crippen molar-refractivity contribution in [3.05, 3.63) is 35.7 Å². The van der Waals surface area contributed by atoms with Gasteiger partial charge in [0.2, 0.25) is 0 Å². The number of pyridine rings is 1. The summed E-state index contributed by atoms with van der Waals surface area (Å²) in [5.41, 5.74) is 8.81. The Morgan fingerprint density at radius 1 is 1.27 bits per heavy atom. The second kappa shape index (κ2) is 5.18. The summed E-state index contributed by atoms with van der Waals surface area (Å²) in [5, 5.41) is 4.99. The molecule has 3 rings (SSSR count). The lowest BCUT2D eigenvalue weighted by Gasteiger charge is -2.05. The molecule has 1 amide bonds. The highest BCUT2D eigenvalue weighted by molar-refractivity contribution is 6.05. The molecule has 0 saturated heterocycles. The zero-order chi connectivity index (χ0) is 15.9. The summed E-state index contributed by atoms with van der Waals surface area (Å²) < 4.78 is 1.74. The number of nitrogens with zero attached hydrogens (tertiary/aromatic N) is 5. The van der Waals surface area contributed by atoms with Gasteiger partial charge in [0.15, 0.2) is 5.69 Å². The van der Waals surface area contributed by atoms with E-state index in [4.69, 9.17) is 5.73 Å². The largest absolute Gasteiger partial charge is 0.364 e. The number of primary amides is 1. The molecular weight excluding hydrogens is 280 g/mol. The fourth-order valence-corrected chi connectivity index (χ4v) is 2.48. The quantitative estimate of drug-likeness (QED) is 0.791. The summed E-state index contributed by atoms with van der Waals surface area (Å²) >= 11 is 0. The average Bonchev–Trinajstić information content (AvgIpc) is 2.87. The van der Waals surface area contributed by atoms with Gasteiger partial charge in [-0.05, 0) is 26.8 Å². The number of carbonyl (C=O) groups is 1. The standard InChI is InChI=1S/C15H16N6O/c1-4-21-14-8(2)19-12(10-6-17-9(3)18-7-10)5-11(14)13(20-21)15(16)22/h5-7H,4H2,1-3H3,(H2,16,22). The van der Waals surface area contributed by atoms with E-state index in [-0.39, 0.29) is 5.69 Å². The van der Waals surface area contributed by atoms with Crippen molar-refractivity contribution in [2.75, 3.05) is 0 Å². The molecule has 7 nitrogen and oxygen atoms in total. The monoisotopic (exact) mass is 296 g/mol. The van der Waals surface area contributed by atoms with Gasteiger partial charge in [-0.3, -0.25) is 14.5 Å². The number of rotatable bonds is 3. The van der Waals surface area contributed by atoms with Crippen LogP contribution in [0.2, 0.25) is 0 Å². The summed E-state index contributed by atoms with van der Waals surface area (Å²) in [6.45, 7) is 6.30. The molecule has 0 saturated carbocycles. The number of amides is 1. The third-order valence-corrected chi connectivity index (χ3v) is 3.51. The van der Waals surface area contributed by atoms with Crippen molar-refractivity contribution in [1.82, 2.24) is 24.7 Å². The Hall–Kier alpha value is -2.83. The van der Waals surface area contributed by atoms with Gasteiger partial charge in [0.25, 0.3) is 5.91 Å². The first-order valence-electron chi connectivity index (χ1n) is 6.98. The third-order valence-electron chi connectivity index (χ3n) is 3.51. The van der Waals surface area contributed by atoms with E-state index < -0.39 is 5.91 Å². The fraction of sp³-hybridized carbons (Fsp3) is 0.267. The Balaban J connectivity index is 2.29. The molecule has 0 atom stereocenters. The second-order valence-corrected chi connectivity index (χ2v) is 5.04. The lowest BCUT2D eigenvalue weighted by atomic mass is 10.1. The van der Waals surface area contributed by atoms with Crippen molar-refractivity contribution in [3.63, 3.8) is 0 Å². The van der Waals surface area contributed by atoms with Gasteiger partial charge in [-0.15, -0.1) is 0 Å². The maximum Gasteiger partial charge on any atom is 0.269 e. The van der Waals surface area contributed by atoms with E-state index in [9.17, 15) is 4.79 Å². The lowest BCUT2D eigenvalue weighted by Crippen LogP contribution is -2.12. The normalized spacial score (nSPS) is 11.0. The Labute approximate surface area is 127 Å². The number of carbonyl (C=O) groups excluding carboxylic acids is 1. The summed E-state index contributed by atoms with van der Waals surface area (Å²) in [4.78, 5) is 24.6. The van der Waals surface area contributed by atoms with Crippen LogP contribution in [0.5, 0.6) is 0 Å². The van der Waals surface area contributed by atoms with Crippen LogP contribution in [0.4, 0.5) is 0 Å². The van der Waals surface area contributed by atoms with E-state index in [0.717, 1.165) is 16.8 Å². The molecule has 0 radical (unpaired) electrons. The molecule has 0 aromatic carbocycles. The molecule has 0 aliphatic carbocycles. The van der Waals surface area contributed by atoms with Crippen LogP contribution in [0.25, 0.3) is 22.2 Å². The highest BCUT2D eigenvalue weighted by Gasteiger charge is 2.18. The van der Waals surface area contributed by atoms with Gasteiger partial charge in [0.05, 0.1) is 16.9 Å². The molecule has 0 unspecified atom stereocenters. The maximum absolute atomic E-state index is 11.6. The zero-order valence-electron chi connectivity index (χ0n) is 12.7. The van der Waals surface area contributed by atoms with E-state index in [2.05, 4.69) is 20.1 Å². The molecule has 3 heterocycles. The van der Waals surface area contributed by atoms with Crippen molar-refractivity contribution in [1.29, 1.82) is 0 Å². The molecular formula is C15H16N6O. The van der Waals surface area contributed by atoms with E-state index in [1.165, 1.54) is 0 Å². The van der Waals surface area contributed by atoms with Crippen LogP contribution in [0.3, 0.4) is 0 Å². The minimum Gasteiger partial charge on any atom is -0.364 e. The van der Waals surface area contributed by atoms with E-state index in [0.29, 0.717) is 23.4 Å². The molecule has 0 bridgehead atoms. The van der Waals surface area contributed by atoms with Crippen molar-refractivity contribution in [3.8, 4) is 11.3 Å². The van der Waals surface area contributed by atoms with Crippen LogP contribution in [-0.2, 0) is 6.54 Å². The number of hydrogen-bond donors (Lipinski definition) is 1. The first-order valence-corrected chi connectivity index (χ1v) is 6.98. The number of hydrogen-bond acceptors (Lipinski definition) is 5. The molecule has 22 heavy (non-hydrogen) atoms. The molecule has 0 aliphatic rings. The first-order chi connectivity index (χ1) is 10.5. The summed E-state index contributed by atoms with van der Waals surface area (Å²) in [7, 11) is 0. The zero-order valence-corrected chi connectivity index (χ0v) is 12.7. The van der Waals surface area contributed by atoms with Gasteiger partial charge in [0, 0.05) is 29.9 Å². The molecule has 7 heteroatoms. The molecule has 2 N–H and O–H groups in total. The number of aryl methyl sites for hydroxylation is 3. The third kappa shape index (κ3) is 2.20. The van der Waals surface area contributed by atoms with Gasteiger partial charge in [0.1, 0.15) is 5.82 Å². The molecule has 0 aliphatic heterocycles. The van der Waals surface area contributed by atoms with Crippen molar-refractivity contribution in [2.45, 2.75) is 27.3 Å². The topological polar surface area (TPSA) is 99.6 Å². The minimum absolute atomic E-state index is 0.261. The SMILES string of the molecule is CCn1nc(C(N)=O)c2cc(-c3cnc(C)nc3)nc(C)c21. The molecule has 112 valence electrons. The van der Waals surface area contributed by atoms with Crippen LogP contribution in [0, 0.1) is 13.8 Å². The van der Waals surface area contributed by atoms with E-state index in [1.807, 2.05) is 26.8 Å². The highest BCUT2D eigenvalue weighted by Crippen LogP contribution is 2.26. The van der Waals surface area contributed by atoms with E-state index >= 15 is 0 Å².